The van der Waals surface area contributed by atoms with E-state index in [0.29, 0.717) is 49.7 Å². The van der Waals surface area contributed by atoms with Crippen LogP contribution >= 0.6 is 0 Å². The van der Waals surface area contributed by atoms with E-state index in [1.54, 1.807) is 6.92 Å². The van der Waals surface area contributed by atoms with Crippen molar-refractivity contribution in [3.8, 4) is 0 Å². The summed E-state index contributed by atoms with van der Waals surface area (Å²) in [6.07, 6.45) is 0. The summed E-state index contributed by atoms with van der Waals surface area (Å²) in [6, 6.07) is 9.41. The van der Waals surface area contributed by atoms with E-state index in [0.717, 1.165) is 5.69 Å². The summed E-state index contributed by atoms with van der Waals surface area (Å²) in [5, 5.41) is 6.85. The van der Waals surface area contributed by atoms with Gasteiger partial charge in [-0.3, -0.25) is 14.5 Å². The highest BCUT2D eigenvalue weighted by Crippen LogP contribution is 2.24. The second-order valence-corrected chi connectivity index (χ2v) is 7.14. The maximum absolute atomic E-state index is 12.9. The van der Waals surface area contributed by atoms with E-state index in [-0.39, 0.29) is 17.7 Å². The SMILES string of the molecule is Cc1noc(C(C)C)c1C(=O)N1CCN(CC(=O)Nc2ccccc2)CC1. The van der Waals surface area contributed by atoms with Crippen molar-refractivity contribution in [2.24, 2.45) is 0 Å². The fourth-order valence-electron chi connectivity index (χ4n) is 3.23. The molecular formula is C20H26N4O3. The molecule has 0 spiro atoms. The Kier molecular flexibility index (Phi) is 5.91. The van der Waals surface area contributed by atoms with Gasteiger partial charge in [0.15, 0.2) is 5.76 Å². The Bertz CT molecular complexity index is 793. The van der Waals surface area contributed by atoms with Crippen LogP contribution in [0.15, 0.2) is 34.9 Å². The maximum atomic E-state index is 12.9. The number of hydrogen-bond donors (Lipinski definition) is 1. The Labute approximate surface area is 159 Å². The number of amides is 2. The number of carbonyl (C=O) groups is 2. The molecule has 2 amide bonds. The summed E-state index contributed by atoms with van der Waals surface area (Å²) in [4.78, 5) is 29.0. The quantitative estimate of drug-likeness (QED) is 0.875. The van der Waals surface area contributed by atoms with E-state index < -0.39 is 0 Å². The number of nitrogens with zero attached hydrogens (tertiary/aromatic N) is 3. The van der Waals surface area contributed by atoms with Crippen LogP contribution in [0, 0.1) is 6.92 Å². The lowest BCUT2D eigenvalue weighted by molar-refractivity contribution is -0.117. The van der Waals surface area contributed by atoms with Crippen molar-refractivity contribution < 1.29 is 14.1 Å². The molecule has 2 heterocycles. The number of rotatable bonds is 5. The smallest absolute Gasteiger partial charge is 0.259 e. The normalized spacial score (nSPS) is 15.2. The third kappa shape index (κ3) is 4.54. The monoisotopic (exact) mass is 370 g/mol. The molecule has 1 fully saturated rings. The molecule has 0 aliphatic carbocycles. The first-order valence-corrected chi connectivity index (χ1v) is 9.28. The third-order valence-corrected chi connectivity index (χ3v) is 4.71. The van der Waals surface area contributed by atoms with Crippen molar-refractivity contribution in [3.63, 3.8) is 0 Å². The van der Waals surface area contributed by atoms with Gasteiger partial charge in [-0.05, 0) is 19.1 Å². The van der Waals surface area contributed by atoms with Crippen molar-refractivity contribution in [1.29, 1.82) is 0 Å². The number of aryl methyl sites for hydroxylation is 1. The third-order valence-electron chi connectivity index (χ3n) is 4.71. The van der Waals surface area contributed by atoms with E-state index in [1.807, 2.05) is 49.1 Å². The fraction of sp³-hybridized carbons (Fsp3) is 0.450. The molecule has 2 aromatic rings. The molecule has 0 bridgehead atoms. The van der Waals surface area contributed by atoms with Gasteiger partial charge in [-0.1, -0.05) is 37.2 Å². The van der Waals surface area contributed by atoms with Crippen molar-refractivity contribution >= 4 is 17.5 Å². The predicted octanol–water partition coefficient (Wildman–Crippen LogP) is 2.50. The van der Waals surface area contributed by atoms with Crippen LogP contribution in [0.3, 0.4) is 0 Å². The van der Waals surface area contributed by atoms with Crippen molar-refractivity contribution in [2.75, 3.05) is 38.0 Å². The molecule has 1 aliphatic heterocycles. The standard InChI is InChI=1S/C20H26N4O3/c1-14(2)19-18(15(3)22-27-19)20(26)24-11-9-23(10-12-24)13-17(25)21-16-7-5-4-6-8-16/h4-8,14H,9-13H2,1-3H3,(H,21,25). The molecule has 7 heteroatoms. The van der Waals surface area contributed by atoms with Crippen LogP contribution in [0.2, 0.25) is 0 Å². The topological polar surface area (TPSA) is 78.7 Å². The summed E-state index contributed by atoms with van der Waals surface area (Å²) in [7, 11) is 0. The highest BCUT2D eigenvalue weighted by atomic mass is 16.5. The van der Waals surface area contributed by atoms with Gasteiger partial charge in [0.2, 0.25) is 5.91 Å². The van der Waals surface area contributed by atoms with Crippen LogP contribution in [0.25, 0.3) is 0 Å². The molecule has 144 valence electrons. The first-order valence-electron chi connectivity index (χ1n) is 9.28. The van der Waals surface area contributed by atoms with E-state index in [9.17, 15) is 9.59 Å². The Balaban J connectivity index is 1.54. The molecule has 1 aromatic heterocycles. The van der Waals surface area contributed by atoms with Crippen LogP contribution < -0.4 is 5.32 Å². The molecule has 7 nitrogen and oxygen atoms in total. The number of piperazine rings is 1. The molecule has 3 rings (SSSR count). The van der Waals surface area contributed by atoms with Crippen molar-refractivity contribution in [2.45, 2.75) is 26.7 Å². The zero-order valence-corrected chi connectivity index (χ0v) is 16.1. The summed E-state index contributed by atoms with van der Waals surface area (Å²) in [5.74, 6) is 0.666. The van der Waals surface area contributed by atoms with Gasteiger partial charge in [-0.15, -0.1) is 0 Å². The number of benzene rings is 1. The summed E-state index contributed by atoms with van der Waals surface area (Å²) in [6.45, 7) is 8.58. The second kappa shape index (κ2) is 8.35. The molecule has 0 radical (unpaired) electrons. The molecule has 1 aliphatic rings. The molecular weight excluding hydrogens is 344 g/mol. The summed E-state index contributed by atoms with van der Waals surface area (Å²) in [5.41, 5.74) is 2.01. The average molecular weight is 370 g/mol. The number of para-hydroxylation sites is 1. The van der Waals surface area contributed by atoms with Gasteiger partial charge < -0.3 is 14.7 Å². The first-order chi connectivity index (χ1) is 13.0. The van der Waals surface area contributed by atoms with Crippen molar-refractivity contribution in [3.05, 3.63) is 47.3 Å². The van der Waals surface area contributed by atoms with Crippen LogP contribution in [0.5, 0.6) is 0 Å². The number of nitrogens with one attached hydrogen (secondary N) is 1. The molecule has 27 heavy (non-hydrogen) atoms. The van der Waals surface area contributed by atoms with Gasteiger partial charge in [-0.2, -0.15) is 0 Å². The van der Waals surface area contributed by atoms with Crippen LogP contribution in [-0.2, 0) is 4.79 Å². The summed E-state index contributed by atoms with van der Waals surface area (Å²) >= 11 is 0. The van der Waals surface area contributed by atoms with E-state index >= 15 is 0 Å². The molecule has 0 unspecified atom stereocenters. The van der Waals surface area contributed by atoms with Gasteiger partial charge in [0, 0.05) is 37.8 Å². The molecule has 1 aromatic carbocycles. The van der Waals surface area contributed by atoms with Gasteiger partial charge in [0.05, 0.1) is 12.2 Å². The lowest BCUT2D eigenvalue weighted by Crippen LogP contribution is -2.50. The minimum atomic E-state index is -0.0436. The van der Waals surface area contributed by atoms with Crippen LogP contribution in [-0.4, -0.2) is 59.5 Å². The predicted molar refractivity (Wildman–Crippen MR) is 103 cm³/mol. The van der Waals surface area contributed by atoms with E-state index in [2.05, 4.69) is 15.4 Å². The Hall–Kier alpha value is -2.67. The minimum Gasteiger partial charge on any atom is -0.360 e. The lowest BCUT2D eigenvalue weighted by Gasteiger charge is -2.34. The molecule has 1 N–H and O–H groups in total. The summed E-state index contributed by atoms with van der Waals surface area (Å²) < 4.78 is 5.34. The zero-order chi connectivity index (χ0) is 19.4. The van der Waals surface area contributed by atoms with Gasteiger partial charge in [0.25, 0.3) is 5.91 Å². The van der Waals surface area contributed by atoms with Gasteiger partial charge >= 0.3 is 0 Å². The zero-order valence-electron chi connectivity index (χ0n) is 16.1. The van der Waals surface area contributed by atoms with E-state index in [1.165, 1.54) is 0 Å². The fourth-order valence-corrected chi connectivity index (χ4v) is 3.23. The lowest BCUT2D eigenvalue weighted by atomic mass is 10.0. The number of carbonyl (C=O) groups excluding carboxylic acids is 2. The van der Waals surface area contributed by atoms with Crippen molar-refractivity contribution in [1.82, 2.24) is 15.0 Å². The second-order valence-electron chi connectivity index (χ2n) is 7.14. The molecule has 1 saturated heterocycles. The Morgan fingerprint density at radius 2 is 1.81 bits per heavy atom. The highest BCUT2D eigenvalue weighted by Gasteiger charge is 2.29. The average Bonchev–Trinajstić information content (AvgIpc) is 3.04. The first kappa shape index (κ1) is 19.1. The Morgan fingerprint density at radius 1 is 1.15 bits per heavy atom. The number of aromatic nitrogens is 1. The number of hydrogen-bond acceptors (Lipinski definition) is 5. The van der Waals surface area contributed by atoms with Gasteiger partial charge in [0.1, 0.15) is 5.56 Å². The maximum Gasteiger partial charge on any atom is 0.259 e. The van der Waals surface area contributed by atoms with Gasteiger partial charge in [-0.25, -0.2) is 0 Å². The largest absolute Gasteiger partial charge is 0.360 e. The minimum absolute atomic E-state index is 0.0363. The highest BCUT2D eigenvalue weighted by molar-refractivity contribution is 5.96. The van der Waals surface area contributed by atoms with E-state index in [4.69, 9.17) is 4.52 Å². The van der Waals surface area contributed by atoms with Crippen LogP contribution in [0.4, 0.5) is 5.69 Å². The Morgan fingerprint density at radius 3 is 2.44 bits per heavy atom. The number of anilines is 1. The van der Waals surface area contributed by atoms with Crippen LogP contribution in [0.1, 0.15) is 41.6 Å². The molecule has 0 atom stereocenters. The molecule has 0 saturated carbocycles.